The first-order chi connectivity index (χ1) is 13.5. The molecule has 3 aromatic rings. The molecule has 3 rings (SSSR count). The van der Waals surface area contributed by atoms with Gasteiger partial charge in [-0.1, -0.05) is 48.5 Å². The second kappa shape index (κ2) is 8.80. The lowest BCUT2D eigenvalue weighted by Crippen LogP contribution is -2.43. The van der Waals surface area contributed by atoms with E-state index in [-0.39, 0.29) is 5.78 Å². The molecule has 0 aliphatic heterocycles. The normalized spacial score (nSPS) is 11.8. The number of amides is 1. The van der Waals surface area contributed by atoms with E-state index in [0.717, 1.165) is 21.2 Å². The molecule has 0 radical (unpaired) electrons. The molecule has 1 amide bonds. The number of ketones is 1. The first kappa shape index (κ1) is 19.8. The van der Waals surface area contributed by atoms with Crippen LogP contribution in [-0.4, -0.2) is 30.3 Å². The molecule has 0 aliphatic carbocycles. The summed E-state index contributed by atoms with van der Waals surface area (Å²) in [5.41, 5.74) is 1.79. The maximum atomic E-state index is 12.4. The summed E-state index contributed by atoms with van der Waals surface area (Å²) in [6.07, 6.45) is 0.394. The summed E-state index contributed by atoms with van der Waals surface area (Å²) in [4.78, 5) is 36.9. The van der Waals surface area contributed by atoms with Gasteiger partial charge in [0.05, 0.1) is 6.04 Å². The Bertz CT molecular complexity index is 1010. The fourth-order valence-corrected chi connectivity index (χ4v) is 4.05. The van der Waals surface area contributed by atoms with Crippen LogP contribution in [0.1, 0.15) is 27.7 Å². The predicted octanol–water partition coefficient (Wildman–Crippen LogP) is 3.68. The third-order valence-corrected chi connectivity index (χ3v) is 5.72. The summed E-state index contributed by atoms with van der Waals surface area (Å²) in [5.74, 6) is -1.18. The smallest absolute Gasteiger partial charge is 0.349 e. The average molecular weight is 395 g/mol. The fraction of sp³-hybridized carbons (Fsp3) is 0.227. The Morgan fingerprint density at radius 3 is 2.39 bits per heavy atom. The van der Waals surface area contributed by atoms with Crippen molar-refractivity contribution in [1.29, 1.82) is 0 Å². The number of rotatable bonds is 7. The molecule has 1 atom stereocenters. The number of fused-ring (bicyclic) bond motifs is 1. The fourth-order valence-electron chi connectivity index (χ4n) is 2.95. The maximum absolute atomic E-state index is 12.4. The zero-order valence-corrected chi connectivity index (χ0v) is 16.5. The minimum Gasteiger partial charge on any atom is -0.451 e. The van der Waals surface area contributed by atoms with E-state index in [4.69, 9.17) is 4.74 Å². The van der Waals surface area contributed by atoms with Crippen LogP contribution < -0.4 is 5.32 Å². The molecule has 1 aromatic heterocycles. The average Bonchev–Trinajstić information content (AvgIpc) is 3.03. The molecule has 1 heterocycles. The molecule has 144 valence electrons. The molecule has 0 unspecified atom stereocenters. The van der Waals surface area contributed by atoms with Gasteiger partial charge in [-0.3, -0.25) is 9.59 Å². The van der Waals surface area contributed by atoms with Crippen molar-refractivity contribution in [2.24, 2.45) is 0 Å². The van der Waals surface area contributed by atoms with Crippen molar-refractivity contribution < 1.29 is 19.1 Å². The van der Waals surface area contributed by atoms with Crippen LogP contribution in [0.5, 0.6) is 0 Å². The van der Waals surface area contributed by atoms with Gasteiger partial charge >= 0.3 is 5.97 Å². The van der Waals surface area contributed by atoms with Crippen molar-refractivity contribution >= 4 is 39.1 Å². The number of carbonyl (C=O) groups is 3. The molecule has 0 saturated carbocycles. The monoisotopic (exact) mass is 395 g/mol. The highest BCUT2D eigenvalue weighted by Crippen LogP contribution is 2.30. The van der Waals surface area contributed by atoms with Crippen molar-refractivity contribution in [3.8, 4) is 0 Å². The summed E-state index contributed by atoms with van der Waals surface area (Å²) in [5, 5.41) is 3.65. The van der Waals surface area contributed by atoms with Gasteiger partial charge in [0.1, 0.15) is 4.88 Å². The molecule has 0 saturated heterocycles. The Hall–Kier alpha value is -2.99. The summed E-state index contributed by atoms with van der Waals surface area (Å²) in [7, 11) is 0. The van der Waals surface area contributed by atoms with Crippen LogP contribution in [0.2, 0.25) is 0 Å². The van der Waals surface area contributed by atoms with Gasteiger partial charge in [-0.05, 0) is 42.8 Å². The zero-order chi connectivity index (χ0) is 20.1. The minimum absolute atomic E-state index is 0.149. The van der Waals surface area contributed by atoms with E-state index >= 15 is 0 Å². The number of Topliss-reactive ketones (excluding diaryl/α,β-unsaturated/α-hetero) is 1. The molecule has 6 heteroatoms. The van der Waals surface area contributed by atoms with E-state index in [1.165, 1.54) is 18.3 Å². The lowest BCUT2D eigenvalue weighted by atomic mass is 10.0. The van der Waals surface area contributed by atoms with Gasteiger partial charge in [-0.15, -0.1) is 11.3 Å². The van der Waals surface area contributed by atoms with Crippen molar-refractivity contribution in [3.05, 3.63) is 70.6 Å². The molecule has 2 aromatic carbocycles. The topological polar surface area (TPSA) is 72.5 Å². The lowest BCUT2D eigenvalue weighted by Gasteiger charge is -2.16. The number of ether oxygens (including phenoxy) is 1. The van der Waals surface area contributed by atoms with Crippen LogP contribution in [0.3, 0.4) is 0 Å². The standard InChI is InChI=1S/C22H21NO4S/c1-14-17-10-6-7-11-19(17)28-21(14)22(26)27-13-20(25)23-18(15(2)24)12-16-8-4-3-5-9-16/h3-11,18H,12-13H2,1-2H3,(H,23,25)/t18-/m0/s1. The number of esters is 1. The molecule has 1 N–H and O–H groups in total. The summed E-state index contributed by atoms with van der Waals surface area (Å²) in [6.45, 7) is 2.87. The van der Waals surface area contributed by atoms with E-state index in [1.54, 1.807) is 0 Å². The molecule has 0 bridgehead atoms. The van der Waals surface area contributed by atoms with Gasteiger partial charge in [0.25, 0.3) is 5.91 Å². The van der Waals surface area contributed by atoms with Crippen LogP contribution in [0, 0.1) is 6.92 Å². The van der Waals surface area contributed by atoms with Crippen LogP contribution in [0.4, 0.5) is 0 Å². The predicted molar refractivity (Wildman–Crippen MR) is 110 cm³/mol. The van der Waals surface area contributed by atoms with Crippen molar-refractivity contribution in [2.45, 2.75) is 26.3 Å². The largest absolute Gasteiger partial charge is 0.451 e. The van der Waals surface area contributed by atoms with E-state index < -0.39 is 24.5 Å². The van der Waals surface area contributed by atoms with Crippen LogP contribution >= 0.6 is 11.3 Å². The first-order valence-electron chi connectivity index (χ1n) is 8.94. The third kappa shape index (κ3) is 4.64. The summed E-state index contributed by atoms with van der Waals surface area (Å²) in [6, 6.07) is 16.5. The van der Waals surface area contributed by atoms with Gasteiger partial charge in [0.15, 0.2) is 12.4 Å². The second-order valence-corrected chi connectivity index (χ2v) is 7.60. The van der Waals surface area contributed by atoms with E-state index in [9.17, 15) is 14.4 Å². The van der Waals surface area contributed by atoms with Crippen LogP contribution in [0.15, 0.2) is 54.6 Å². The molecule has 28 heavy (non-hydrogen) atoms. The van der Waals surface area contributed by atoms with Gasteiger partial charge in [-0.2, -0.15) is 0 Å². The van der Waals surface area contributed by atoms with Gasteiger partial charge in [0, 0.05) is 4.70 Å². The Kier molecular flexibility index (Phi) is 6.21. The quantitative estimate of drug-likeness (QED) is 0.620. The van der Waals surface area contributed by atoms with E-state index in [1.807, 2.05) is 61.5 Å². The Morgan fingerprint density at radius 2 is 1.71 bits per heavy atom. The van der Waals surface area contributed by atoms with Gasteiger partial charge in [0.2, 0.25) is 0 Å². The highest BCUT2D eigenvalue weighted by molar-refractivity contribution is 7.21. The second-order valence-electron chi connectivity index (χ2n) is 6.55. The maximum Gasteiger partial charge on any atom is 0.349 e. The van der Waals surface area contributed by atoms with Crippen molar-refractivity contribution in [1.82, 2.24) is 5.32 Å². The minimum atomic E-state index is -0.653. The number of aryl methyl sites for hydroxylation is 1. The zero-order valence-electron chi connectivity index (χ0n) is 15.7. The Balaban J connectivity index is 1.59. The Labute approximate surface area is 167 Å². The summed E-state index contributed by atoms with van der Waals surface area (Å²) < 4.78 is 6.18. The number of nitrogens with one attached hydrogen (secondary N) is 1. The highest BCUT2D eigenvalue weighted by Gasteiger charge is 2.21. The SMILES string of the molecule is CC(=O)[C@H](Cc1ccccc1)NC(=O)COC(=O)c1sc2ccccc2c1C. The van der Waals surface area contributed by atoms with E-state index in [0.29, 0.717) is 11.3 Å². The lowest BCUT2D eigenvalue weighted by molar-refractivity contribution is -0.128. The van der Waals surface area contributed by atoms with Gasteiger partial charge < -0.3 is 10.1 Å². The van der Waals surface area contributed by atoms with Crippen LogP contribution in [0.25, 0.3) is 10.1 Å². The molecule has 5 nitrogen and oxygen atoms in total. The van der Waals surface area contributed by atoms with Crippen molar-refractivity contribution in [3.63, 3.8) is 0 Å². The number of hydrogen-bond donors (Lipinski definition) is 1. The molecule has 0 aliphatic rings. The Morgan fingerprint density at radius 1 is 1.04 bits per heavy atom. The first-order valence-corrected chi connectivity index (χ1v) is 9.76. The number of thiophene rings is 1. The molecular formula is C22H21NO4S. The molecule has 0 spiro atoms. The number of hydrogen-bond acceptors (Lipinski definition) is 5. The summed E-state index contributed by atoms with van der Waals surface area (Å²) >= 11 is 1.34. The molecular weight excluding hydrogens is 374 g/mol. The highest BCUT2D eigenvalue weighted by atomic mass is 32.1. The number of carbonyl (C=O) groups excluding carboxylic acids is 3. The van der Waals surface area contributed by atoms with E-state index in [2.05, 4.69) is 5.32 Å². The number of benzene rings is 2. The third-order valence-electron chi connectivity index (χ3n) is 4.47. The molecule has 0 fully saturated rings. The van der Waals surface area contributed by atoms with Crippen molar-refractivity contribution in [2.75, 3.05) is 6.61 Å². The van der Waals surface area contributed by atoms with Crippen LogP contribution in [-0.2, 0) is 20.7 Å². The van der Waals surface area contributed by atoms with Gasteiger partial charge in [-0.25, -0.2) is 4.79 Å².